The third-order valence-corrected chi connectivity index (χ3v) is 8.04. The van der Waals surface area contributed by atoms with E-state index in [0.717, 1.165) is 22.8 Å². The number of carbonyl (C=O) groups is 1. The van der Waals surface area contributed by atoms with Gasteiger partial charge in [-0.3, -0.25) is 9.48 Å². The van der Waals surface area contributed by atoms with Crippen LogP contribution in [0.25, 0.3) is 22.0 Å². The average Bonchev–Trinajstić information content (AvgIpc) is 3.42. The van der Waals surface area contributed by atoms with Crippen LogP contribution < -0.4 is 20.1 Å². The van der Waals surface area contributed by atoms with E-state index in [2.05, 4.69) is 27.3 Å². The minimum Gasteiger partial charge on any atom is -0.495 e. The number of allylic oxidation sites excluding steroid dienone is 1. The molecule has 12 heteroatoms. The van der Waals surface area contributed by atoms with Crippen LogP contribution in [0.4, 0.5) is 11.6 Å². The van der Waals surface area contributed by atoms with Crippen LogP contribution in [0.5, 0.6) is 11.5 Å². The summed E-state index contributed by atoms with van der Waals surface area (Å²) in [6.07, 6.45) is 8.06. The summed E-state index contributed by atoms with van der Waals surface area (Å²) in [6, 6.07) is 5.38. The number of benzene rings is 1. The van der Waals surface area contributed by atoms with Crippen LogP contribution >= 0.6 is 23.2 Å². The first-order chi connectivity index (χ1) is 20.3. The number of ether oxygens (including phenoxy) is 3. The molecule has 0 spiro atoms. The van der Waals surface area contributed by atoms with Crippen LogP contribution in [0.15, 0.2) is 49.4 Å². The topological polar surface area (TPSA) is 112 Å². The van der Waals surface area contributed by atoms with E-state index in [0.29, 0.717) is 70.6 Å². The summed E-state index contributed by atoms with van der Waals surface area (Å²) < 4.78 is 18.4. The number of aryl methyl sites for hydroxylation is 1. The van der Waals surface area contributed by atoms with Gasteiger partial charge < -0.3 is 24.8 Å². The van der Waals surface area contributed by atoms with Crippen LogP contribution in [0.3, 0.4) is 0 Å². The summed E-state index contributed by atoms with van der Waals surface area (Å²) >= 11 is 13.5. The quantitative estimate of drug-likeness (QED) is 0.199. The van der Waals surface area contributed by atoms with Crippen molar-refractivity contribution >= 4 is 51.4 Å². The molecule has 4 aromatic rings. The smallest absolute Gasteiger partial charge is 0.155 e. The molecule has 0 bridgehead atoms. The van der Waals surface area contributed by atoms with Crippen LogP contribution in [0.2, 0.25) is 10.0 Å². The van der Waals surface area contributed by atoms with Crippen molar-refractivity contribution in [2.24, 2.45) is 13.0 Å². The summed E-state index contributed by atoms with van der Waals surface area (Å²) in [5.41, 5.74) is 1.99. The number of carbonyl (C=O) groups excluding carboxylic acids is 1. The van der Waals surface area contributed by atoms with Gasteiger partial charge >= 0.3 is 0 Å². The molecule has 10 nitrogen and oxygen atoms in total. The molecule has 1 fully saturated rings. The Morgan fingerprint density at radius 1 is 1.19 bits per heavy atom. The molecule has 5 rings (SSSR count). The molecule has 0 amide bonds. The van der Waals surface area contributed by atoms with Crippen LogP contribution in [-0.4, -0.2) is 59.0 Å². The van der Waals surface area contributed by atoms with Gasteiger partial charge in [0, 0.05) is 67.0 Å². The number of anilines is 2. The predicted molar refractivity (Wildman–Crippen MR) is 165 cm³/mol. The number of fused-ring (bicyclic) bond motifs is 1. The molecule has 4 heterocycles. The fourth-order valence-electron chi connectivity index (χ4n) is 5.07. The number of hydrogen-bond donors (Lipinski definition) is 2. The van der Waals surface area contributed by atoms with Gasteiger partial charge in [-0.25, -0.2) is 9.97 Å². The molecule has 2 N–H and O–H groups in total. The molecule has 0 unspecified atom stereocenters. The Balaban J connectivity index is 1.57. The van der Waals surface area contributed by atoms with E-state index < -0.39 is 0 Å². The van der Waals surface area contributed by atoms with E-state index in [1.807, 2.05) is 25.4 Å². The Kier molecular flexibility index (Phi) is 9.15. The Hall–Kier alpha value is -3.86. The van der Waals surface area contributed by atoms with Gasteiger partial charge in [0.15, 0.2) is 5.78 Å². The van der Waals surface area contributed by atoms with Crippen molar-refractivity contribution in [3.05, 3.63) is 65.1 Å². The standard InChI is InChI=1S/C30H32Cl2N6O4/c1-5-20(39)8-18-6-7-42-16-23(18)36-26-10-21-19(14-33-26)9-22(37-30(21)34-12-17-13-35-38(2)15-17)27-28(31)24(40-3)11-25(41-4)29(27)32/h5,9-11,13-15,18,23H,1,6-8,12,16H2,2-4H3,(H,33,36)(H,34,37)/t18-,23-/m1/s1. The minimum atomic E-state index is -0.0755. The van der Waals surface area contributed by atoms with Crippen molar-refractivity contribution in [3.63, 3.8) is 0 Å². The Morgan fingerprint density at radius 3 is 2.62 bits per heavy atom. The number of nitrogens with zero attached hydrogens (tertiary/aromatic N) is 4. The highest BCUT2D eigenvalue weighted by atomic mass is 35.5. The molecule has 0 radical (unpaired) electrons. The van der Waals surface area contributed by atoms with Gasteiger partial charge in [-0.1, -0.05) is 29.8 Å². The Bertz CT molecular complexity index is 1600. The lowest BCUT2D eigenvalue weighted by Gasteiger charge is -2.32. The second-order valence-electron chi connectivity index (χ2n) is 10.1. The largest absolute Gasteiger partial charge is 0.495 e. The maximum absolute atomic E-state index is 12.1. The first-order valence-electron chi connectivity index (χ1n) is 13.4. The lowest BCUT2D eigenvalue weighted by atomic mass is 9.89. The van der Waals surface area contributed by atoms with E-state index in [1.54, 1.807) is 23.1 Å². The summed E-state index contributed by atoms with van der Waals surface area (Å²) in [5.74, 6) is 2.20. The van der Waals surface area contributed by atoms with Crippen LogP contribution in [0.1, 0.15) is 18.4 Å². The second-order valence-corrected chi connectivity index (χ2v) is 10.8. The lowest BCUT2D eigenvalue weighted by Crippen LogP contribution is -2.39. The maximum atomic E-state index is 12.1. The molecule has 42 heavy (non-hydrogen) atoms. The minimum absolute atomic E-state index is 0.0188. The van der Waals surface area contributed by atoms with Gasteiger partial charge in [-0.2, -0.15) is 5.10 Å². The molecule has 1 saturated heterocycles. The van der Waals surface area contributed by atoms with E-state index in [1.165, 1.54) is 20.3 Å². The lowest BCUT2D eigenvalue weighted by molar-refractivity contribution is -0.116. The molecular formula is C30H32Cl2N6O4. The van der Waals surface area contributed by atoms with Crippen molar-refractivity contribution in [2.45, 2.75) is 25.4 Å². The van der Waals surface area contributed by atoms with Gasteiger partial charge in [0.1, 0.15) is 23.1 Å². The van der Waals surface area contributed by atoms with Crippen LogP contribution in [-0.2, 0) is 23.1 Å². The first kappa shape index (κ1) is 29.6. The fourth-order valence-corrected chi connectivity index (χ4v) is 5.76. The van der Waals surface area contributed by atoms with Crippen LogP contribution in [0, 0.1) is 5.92 Å². The van der Waals surface area contributed by atoms with Crippen molar-refractivity contribution in [3.8, 4) is 22.8 Å². The van der Waals surface area contributed by atoms with Gasteiger partial charge in [-0.15, -0.1) is 0 Å². The van der Waals surface area contributed by atoms with E-state index in [9.17, 15) is 4.79 Å². The van der Waals surface area contributed by atoms with Crippen molar-refractivity contribution in [1.82, 2.24) is 19.7 Å². The third kappa shape index (κ3) is 6.30. The normalized spacial score (nSPS) is 16.7. The summed E-state index contributed by atoms with van der Waals surface area (Å²) in [5, 5.41) is 13.5. The zero-order valence-corrected chi connectivity index (χ0v) is 25.1. The van der Waals surface area contributed by atoms with E-state index >= 15 is 0 Å². The average molecular weight is 612 g/mol. The Morgan fingerprint density at radius 2 is 1.95 bits per heavy atom. The number of nitrogens with one attached hydrogen (secondary N) is 2. The Labute approximate surface area is 254 Å². The van der Waals surface area contributed by atoms with Crippen molar-refractivity contribution < 1.29 is 19.0 Å². The highest BCUT2D eigenvalue weighted by Gasteiger charge is 2.28. The molecule has 1 aliphatic heterocycles. The molecule has 0 aliphatic carbocycles. The number of pyridine rings is 2. The highest BCUT2D eigenvalue weighted by Crippen LogP contribution is 2.46. The number of halogens is 2. The molecule has 3 aromatic heterocycles. The number of ketones is 1. The number of methoxy groups -OCH3 is 2. The second kappa shape index (κ2) is 13.0. The molecule has 1 aliphatic rings. The molecule has 2 atom stereocenters. The fraction of sp³-hybridized carbons (Fsp3) is 0.333. The monoisotopic (exact) mass is 610 g/mol. The van der Waals surface area contributed by atoms with E-state index in [-0.39, 0.29) is 17.7 Å². The number of rotatable bonds is 11. The molecule has 1 aromatic carbocycles. The summed E-state index contributed by atoms with van der Waals surface area (Å²) in [6.45, 7) is 5.19. The zero-order valence-electron chi connectivity index (χ0n) is 23.6. The third-order valence-electron chi connectivity index (χ3n) is 7.29. The van der Waals surface area contributed by atoms with Gasteiger partial charge in [0.25, 0.3) is 0 Å². The number of aromatic nitrogens is 4. The highest BCUT2D eigenvalue weighted by molar-refractivity contribution is 6.41. The van der Waals surface area contributed by atoms with Gasteiger partial charge in [0.2, 0.25) is 0 Å². The van der Waals surface area contributed by atoms with Gasteiger partial charge in [0.05, 0.1) is 48.8 Å². The molecule has 220 valence electrons. The van der Waals surface area contributed by atoms with Crippen molar-refractivity contribution in [1.29, 1.82) is 0 Å². The summed E-state index contributed by atoms with van der Waals surface area (Å²) in [7, 11) is 4.92. The first-order valence-corrected chi connectivity index (χ1v) is 14.2. The number of hydrogen-bond acceptors (Lipinski definition) is 9. The molecule has 0 saturated carbocycles. The molecular weight excluding hydrogens is 579 g/mol. The van der Waals surface area contributed by atoms with Crippen molar-refractivity contribution in [2.75, 3.05) is 38.1 Å². The zero-order chi connectivity index (χ0) is 29.8. The predicted octanol–water partition coefficient (Wildman–Crippen LogP) is 5.93. The maximum Gasteiger partial charge on any atom is 0.155 e. The SMILES string of the molecule is C=CC(=O)C[C@H]1CCOC[C@H]1Nc1cc2c(NCc3cnn(C)c3)nc(-c3c(Cl)c(OC)cc(OC)c3Cl)cc2cn1. The summed E-state index contributed by atoms with van der Waals surface area (Å²) in [4.78, 5) is 21.8. The van der Waals surface area contributed by atoms with Gasteiger partial charge in [-0.05, 0) is 30.5 Å². The van der Waals surface area contributed by atoms with E-state index in [4.69, 9.17) is 42.4 Å².